The molecule has 1 N–H and O–H groups in total. The Balaban J connectivity index is 2.68. The molecule has 0 heterocycles. The van der Waals surface area contributed by atoms with Crippen LogP contribution in [0.5, 0.6) is 0 Å². The number of hydrogen-bond donors (Lipinski definition) is 1. The first-order chi connectivity index (χ1) is 9.53. The number of sulfone groups is 1. The molecule has 1 atom stereocenters. The third kappa shape index (κ3) is 5.04. The van der Waals surface area contributed by atoms with E-state index in [4.69, 9.17) is 0 Å². The molecular weight excluding hydrogens is 307 g/mol. The highest BCUT2D eigenvalue weighted by molar-refractivity contribution is 7.92. The third-order valence-electron chi connectivity index (χ3n) is 3.03. The summed E-state index contributed by atoms with van der Waals surface area (Å²) < 4.78 is 60.6. The van der Waals surface area contributed by atoms with Crippen LogP contribution in [0, 0.1) is 0 Å². The summed E-state index contributed by atoms with van der Waals surface area (Å²) in [6.07, 6.45) is -3.56. The van der Waals surface area contributed by atoms with E-state index in [0.717, 1.165) is 12.3 Å². The summed E-state index contributed by atoms with van der Waals surface area (Å²) in [5.74, 6) is -0.720. The second kappa shape index (κ2) is 6.46. The number of halogens is 3. The van der Waals surface area contributed by atoms with Gasteiger partial charge in [0.2, 0.25) is 5.91 Å². The fourth-order valence-corrected chi connectivity index (χ4v) is 2.15. The van der Waals surface area contributed by atoms with Gasteiger partial charge < -0.3 is 5.32 Å². The molecule has 4 nitrogen and oxygen atoms in total. The summed E-state index contributed by atoms with van der Waals surface area (Å²) in [6.45, 7) is 1.17. The Morgan fingerprint density at radius 2 is 1.86 bits per heavy atom. The van der Waals surface area contributed by atoms with Gasteiger partial charge in [-0.25, -0.2) is 8.42 Å². The highest BCUT2D eigenvalue weighted by Crippen LogP contribution is 2.31. The van der Waals surface area contributed by atoms with Crippen LogP contribution < -0.4 is 5.32 Å². The van der Waals surface area contributed by atoms with Crippen LogP contribution in [0.25, 0.3) is 0 Å². The number of carbonyl (C=O) groups excluding carboxylic acids is 1. The quantitative estimate of drug-likeness (QED) is 0.899. The SMILES string of the molecule is C[C@@H](C(=O)NCCc1ccccc1C(F)(F)F)S(C)(=O)=O. The number of rotatable bonds is 5. The first-order valence-corrected chi connectivity index (χ1v) is 8.10. The Hall–Kier alpha value is -1.57. The highest BCUT2D eigenvalue weighted by atomic mass is 32.2. The van der Waals surface area contributed by atoms with Crippen molar-refractivity contribution < 1.29 is 26.4 Å². The van der Waals surface area contributed by atoms with Gasteiger partial charge in [-0.2, -0.15) is 13.2 Å². The summed E-state index contributed by atoms with van der Waals surface area (Å²) in [5, 5.41) is 1.10. The molecule has 21 heavy (non-hydrogen) atoms. The molecule has 1 amide bonds. The van der Waals surface area contributed by atoms with Crippen molar-refractivity contribution in [2.45, 2.75) is 24.8 Å². The largest absolute Gasteiger partial charge is 0.416 e. The van der Waals surface area contributed by atoms with Crippen LogP contribution in [0.15, 0.2) is 24.3 Å². The molecule has 118 valence electrons. The van der Waals surface area contributed by atoms with E-state index in [1.807, 2.05) is 0 Å². The smallest absolute Gasteiger partial charge is 0.355 e. The minimum absolute atomic E-state index is 0.0299. The summed E-state index contributed by atoms with van der Waals surface area (Å²) in [4.78, 5) is 11.5. The number of carbonyl (C=O) groups is 1. The van der Waals surface area contributed by atoms with E-state index in [1.165, 1.54) is 25.1 Å². The Bertz CT molecular complexity index is 611. The van der Waals surface area contributed by atoms with Crippen molar-refractivity contribution in [2.75, 3.05) is 12.8 Å². The summed E-state index contributed by atoms with van der Waals surface area (Å²) in [5.41, 5.74) is -0.701. The maximum atomic E-state index is 12.8. The van der Waals surface area contributed by atoms with E-state index in [0.29, 0.717) is 0 Å². The minimum atomic E-state index is -4.46. The van der Waals surface area contributed by atoms with Gasteiger partial charge >= 0.3 is 6.18 Å². The van der Waals surface area contributed by atoms with Crippen LogP contribution in [0.4, 0.5) is 13.2 Å². The van der Waals surface area contributed by atoms with Gasteiger partial charge in [0.25, 0.3) is 0 Å². The van der Waals surface area contributed by atoms with Gasteiger partial charge in [-0.3, -0.25) is 4.79 Å². The van der Waals surface area contributed by atoms with Gasteiger partial charge in [-0.1, -0.05) is 18.2 Å². The Labute approximate surface area is 121 Å². The standard InChI is InChI=1S/C13H16F3NO3S/c1-9(21(2,19)20)12(18)17-8-7-10-5-3-4-6-11(10)13(14,15)16/h3-6,9H,7-8H2,1-2H3,(H,17,18)/t9-/m0/s1. The second-order valence-corrected chi connectivity index (χ2v) is 7.03. The number of nitrogens with one attached hydrogen (secondary N) is 1. The molecule has 0 aliphatic heterocycles. The van der Waals surface area contributed by atoms with Crippen molar-refractivity contribution in [3.63, 3.8) is 0 Å². The average Bonchev–Trinajstić information content (AvgIpc) is 2.36. The molecule has 0 saturated heterocycles. The molecular formula is C13H16F3NO3S. The lowest BCUT2D eigenvalue weighted by molar-refractivity contribution is -0.138. The molecule has 0 aliphatic carbocycles. The van der Waals surface area contributed by atoms with Crippen LogP contribution in [-0.4, -0.2) is 32.4 Å². The lowest BCUT2D eigenvalue weighted by Gasteiger charge is -2.14. The van der Waals surface area contributed by atoms with Crippen LogP contribution in [0.3, 0.4) is 0 Å². The van der Waals surface area contributed by atoms with Crippen LogP contribution in [0.2, 0.25) is 0 Å². The zero-order valence-corrected chi connectivity index (χ0v) is 12.4. The summed E-state index contributed by atoms with van der Waals surface area (Å²) in [6, 6.07) is 5.06. The fourth-order valence-electron chi connectivity index (χ4n) is 1.67. The average molecular weight is 323 g/mol. The van der Waals surface area contributed by atoms with Crippen molar-refractivity contribution in [1.82, 2.24) is 5.32 Å². The molecule has 1 rings (SSSR count). The van der Waals surface area contributed by atoms with Crippen LogP contribution in [-0.2, 0) is 27.2 Å². The number of alkyl halides is 3. The summed E-state index contributed by atoms with van der Waals surface area (Å²) >= 11 is 0. The predicted molar refractivity (Wildman–Crippen MR) is 72.5 cm³/mol. The Kier molecular flexibility index (Phi) is 5.38. The predicted octanol–water partition coefficient (Wildman–Crippen LogP) is 1.80. The lowest BCUT2D eigenvalue weighted by Crippen LogP contribution is -2.38. The first-order valence-electron chi connectivity index (χ1n) is 6.15. The molecule has 0 saturated carbocycles. The summed E-state index contributed by atoms with van der Waals surface area (Å²) in [7, 11) is -3.52. The monoisotopic (exact) mass is 323 g/mol. The molecule has 0 bridgehead atoms. The maximum absolute atomic E-state index is 12.8. The van der Waals surface area contributed by atoms with Crippen molar-refractivity contribution in [1.29, 1.82) is 0 Å². The van der Waals surface area contributed by atoms with Crippen LogP contribution >= 0.6 is 0 Å². The molecule has 0 aliphatic rings. The van der Waals surface area contributed by atoms with Crippen molar-refractivity contribution in [3.05, 3.63) is 35.4 Å². The molecule has 0 fully saturated rings. The molecule has 1 aromatic carbocycles. The van der Waals surface area contributed by atoms with Gasteiger partial charge in [0.05, 0.1) is 5.56 Å². The molecule has 0 unspecified atom stereocenters. The lowest BCUT2D eigenvalue weighted by atomic mass is 10.0. The second-order valence-electron chi connectivity index (χ2n) is 4.67. The van der Waals surface area contributed by atoms with E-state index in [-0.39, 0.29) is 18.5 Å². The first kappa shape index (κ1) is 17.5. The van der Waals surface area contributed by atoms with Crippen LogP contribution in [0.1, 0.15) is 18.1 Å². The van der Waals surface area contributed by atoms with Crippen molar-refractivity contribution in [3.8, 4) is 0 Å². The number of hydrogen-bond acceptors (Lipinski definition) is 3. The molecule has 8 heteroatoms. The molecule has 1 aromatic rings. The van der Waals surface area contributed by atoms with E-state index in [2.05, 4.69) is 5.32 Å². The third-order valence-corrected chi connectivity index (χ3v) is 4.53. The fraction of sp³-hybridized carbons (Fsp3) is 0.462. The molecule has 0 radical (unpaired) electrons. The number of benzene rings is 1. The van der Waals surface area contributed by atoms with E-state index < -0.39 is 32.7 Å². The van der Waals surface area contributed by atoms with Gasteiger partial charge in [-0.05, 0) is 25.0 Å². The number of amides is 1. The maximum Gasteiger partial charge on any atom is 0.416 e. The minimum Gasteiger partial charge on any atom is -0.355 e. The van der Waals surface area contributed by atoms with E-state index >= 15 is 0 Å². The van der Waals surface area contributed by atoms with Gasteiger partial charge in [0, 0.05) is 12.8 Å². The molecule has 0 spiro atoms. The van der Waals surface area contributed by atoms with E-state index in [1.54, 1.807) is 0 Å². The van der Waals surface area contributed by atoms with E-state index in [9.17, 15) is 26.4 Å². The van der Waals surface area contributed by atoms with Gasteiger partial charge in [0.1, 0.15) is 5.25 Å². The zero-order chi connectivity index (χ0) is 16.3. The van der Waals surface area contributed by atoms with Gasteiger partial charge in [0.15, 0.2) is 9.84 Å². The zero-order valence-electron chi connectivity index (χ0n) is 11.6. The Morgan fingerprint density at radius 3 is 2.38 bits per heavy atom. The highest BCUT2D eigenvalue weighted by Gasteiger charge is 2.32. The molecule has 0 aromatic heterocycles. The van der Waals surface area contributed by atoms with Gasteiger partial charge in [-0.15, -0.1) is 0 Å². The Morgan fingerprint density at radius 1 is 1.29 bits per heavy atom. The normalized spacial score (nSPS) is 13.8. The topological polar surface area (TPSA) is 63.2 Å². The van der Waals surface area contributed by atoms with Crippen molar-refractivity contribution in [2.24, 2.45) is 0 Å². The van der Waals surface area contributed by atoms with Crippen molar-refractivity contribution >= 4 is 15.7 Å².